The molecule has 0 heterocycles. The molecule has 0 amide bonds. The van der Waals surface area contributed by atoms with Crippen LogP contribution in [0.25, 0.3) is 0 Å². The highest BCUT2D eigenvalue weighted by Gasteiger charge is 2.05. The van der Waals surface area contributed by atoms with Gasteiger partial charge in [0, 0.05) is 17.6 Å². The van der Waals surface area contributed by atoms with E-state index in [0.29, 0.717) is 0 Å². The molecule has 2 aromatic carbocycles. The molecule has 3 heteroatoms. The van der Waals surface area contributed by atoms with Gasteiger partial charge in [-0.1, -0.05) is 35.9 Å². The van der Waals surface area contributed by atoms with Crippen molar-refractivity contribution in [1.29, 1.82) is 0 Å². The van der Waals surface area contributed by atoms with Gasteiger partial charge in [-0.05, 0) is 42.3 Å². The predicted molar refractivity (Wildman–Crippen MR) is 79.7 cm³/mol. The number of nitrogens with one attached hydrogen (secondary N) is 1. The Morgan fingerprint density at radius 1 is 1.16 bits per heavy atom. The molecular weight excluding hydrogens is 258 g/mol. The number of hydrogen-bond donors (Lipinski definition) is 1. The molecule has 0 aliphatic carbocycles. The van der Waals surface area contributed by atoms with Crippen molar-refractivity contribution in [2.45, 2.75) is 19.5 Å². The van der Waals surface area contributed by atoms with Crippen molar-refractivity contribution in [3.05, 3.63) is 64.7 Å². The van der Waals surface area contributed by atoms with Crippen LogP contribution in [0.15, 0.2) is 48.5 Å². The molecule has 2 aromatic rings. The van der Waals surface area contributed by atoms with E-state index in [0.717, 1.165) is 17.3 Å². The minimum absolute atomic E-state index is 0.265. The summed E-state index contributed by atoms with van der Waals surface area (Å²) in [6.45, 7) is 2.95. The lowest BCUT2D eigenvalue weighted by Crippen LogP contribution is -2.17. The van der Waals surface area contributed by atoms with Crippen LogP contribution in [0.3, 0.4) is 0 Å². The minimum Gasteiger partial charge on any atom is -0.497 e. The van der Waals surface area contributed by atoms with Gasteiger partial charge < -0.3 is 10.1 Å². The van der Waals surface area contributed by atoms with Gasteiger partial charge in [-0.2, -0.15) is 0 Å². The van der Waals surface area contributed by atoms with E-state index in [4.69, 9.17) is 16.3 Å². The molecule has 2 nitrogen and oxygen atoms in total. The second-order valence-electron chi connectivity index (χ2n) is 4.51. The highest BCUT2D eigenvalue weighted by atomic mass is 35.5. The number of ether oxygens (including phenoxy) is 1. The van der Waals surface area contributed by atoms with Gasteiger partial charge in [0.2, 0.25) is 0 Å². The van der Waals surface area contributed by atoms with Crippen molar-refractivity contribution in [3.8, 4) is 5.75 Å². The molecule has 0 aliphatic heterocycles. The molecule has 19 heavy (non-hydrogen) atoms. The molecule has 0 radical (unpaired) electrons. The zero-order valence-corrected chi connectivity index (χ0v) is 11.9. The van der Waals surface area contributed by atoms with Crippen molar-refractivity contribution < 1.29 is 4.74 Å². The van der Waals surface area contributed by atoms with Crippen LogP contribution in [0, 0.1) is 0 Å². The summed E-state index contributed by atoms with van der Waals surface area (Å²) >= 11 is 6.00. The first-order chi connectivity index (χ1) is 9.19. The van der Waals surface area contributed by atoms with Crippen LogP contribution in [-0.4, -0.2) is 7.11 Å². The smallest absolute Gasteiger partial charge is 0.118 e. The van der Waals surface area contributed by atoms with E-state index >= 15 is 0 Å². The first-order valence-corrected chi connectivity index (χ1v) is 6.68. The van der Waals surface area contributed by atoms with Crippen LogP contribution in [0.5, 0.6) is 5.75 Å². The summed E-state index contributed by atoms with van der Waals surface area (Å²) in [5, 5.41) is 4.25. The highest BCUT2D eigenvalue weighted by molar-refractivity contribution is 6.30. The quantitative estimate of drug-likeness (QED) is 0.883. The molecule has 0 aromatic heterocycles. The molecule has 0 bridgehead atoms. The summed E-state index contributed by atoms with van der Waals surface area (Å²) in [6.07, 6.45) is 0. The van der Waals surface area contributed by atoms with Gasteiger partial charge in [0.1, 0.15) is 5.75 Å². The van der Waals surface area contributed by atoms with Crippen molar-refractivity contribution in [2.75, 3.05) is 7.11 Å². The molecule has 0 aliphatic rings. The van der Waals surface area contributed by atoms with Crippen molar-refractivity contribution in [1.82, 2.24) is 5.32 Å². The molecule has 0 spiro atoms. The maximum atomic E-state index is 6.00. The fourth-order valence-corrected chi connectivity index (χ4v) is 2.11. The van der Waals surface area contributed by atoms with Gasteiger partial charge >= 0.3 is 0 Å². The Kier molecular flexibility index (Phi) is 4.83. The predicted octanol–water partition coefficient (Wildman–Crippen LogP) is 4.20. The van der Waals surface area contributed by atoms with Gasteiger partial charge in [-0.25, -0.2) is 0 Å². The number of hydrogen-bond acceptors (Lipinski definition) is 2. The summed E-state index contributed by atoms with van der Waals surface area (Å²) in [5.41, 5.74) is 2.43. The van der Waals surface area contributed by atoms with Gasteiger partial charge in [0.05, 0.1) is 7.11 Å². The third kappa shape index (κ3) is 3.98. The van der Waals surface area contributed by atoms with Crippen molar-refractivity contribution in [3.63, 3.8) is 0 Å². The van der Waals surface area contributed by atoms with Crippen molar-refractivity contribution in [2.24, 2.45) is 0 Å². The molecule has 2 rings (SSSR count). The average molecular weight is 276 g/mol. The number of benzene rings is 2. The molecule has 0 fully saturated rings. The summed E-state index contributed by atoms with van der Waals surface area (Å²) in [6, 6.07) is 16.3. The van der Waals surface area contributed by atoms with E-state index in [9.17, 15) is 0 Å². The fourth-order valence-electron chi connectivity index (χ4n) is 1.91. The molecule has 100 valence electrons. The van der Waals surface area contributed by atoms with E-state index < -0.39 is 0 Å². The summed E-state index contributed by atoms with van der Waals surface area (Å²) in [4.78, 5) is 0. The Morgan fingerprint density at radius 3 is 2.53 bits per heavy atom. The maximum Gasteiger partial charge on any atom is 0.118 e. The molecule has 0 unspecified atom stereocenters. The normalized spacial score (nSPS) is 12.2. The third-order valence-electron chi connectivity index (χ3n) is 3.12. The lowest BCUT2D eigenvalue weighted by Gasteiger charge is -2.14. The Labute approximate surface area is 119 Å². The van der Waals surface area contributed by atoms with Gasteiger partial charge in [0.15, 0.2) is 0 Å². The number of methoxy groups -OCH3 is 1. The fraction of sp³-hybridized carbons (Fsp3) is 0.250. The molecular formula is C16H18ClNO. The van der Waals surface area contributed by atoms with Crippen LogP contribution in [-0.2, 0) is 6.54 Å². The second-order valence-corrected chi connectivity index (χ2v) is 4.94. The topological polar surface area (TPSA) is 21.3 Å². The zero-order valence-electron chi connectivity index (χ0n) is 11.2. The van der Waals surface area contributed by atoms with Crippen LogP contribution in [0.1, 0.15) is 24.1 Å². The van der Waals surface area contributed by atoms with Crippen LogP contribution in [0.4, 0.5) is 0 Å². The third-order valence-corrected chi connectivity index (χ3v) is 3.36. The van der Waals surface area contributed by atoms with E-state index in [2.05, 4.69) is 30.4 Å². The largest absolute Gasteiger partial charge is 0.497 e. The first-order valence-electron chi connectivity index (χ1n) is 6.31. The van der Waals surface area contributed by atoms with E-state index in [-0.39, 0.29) is 6.04 Å². The molecule has 0 saturated heterocycles. The SMILES string of the molecule is COc1ccc(CN[C@H](C)c2cccc(Cl)c2)cc1. The van der Waals surface area contributed by atoms with Crippen molar-refractivity contribution >= 4 is 11.6 Å². The van der Waals surface area contributed by atoms with Crippen LogP contribution < -0.4 is 10.1 Å². The highest BCUT2D eigenvalue weighted by Crippen LogP contribution is 2.18. The van der Waals surface area contributed by atoms with E-state index in [1.54, 1.807) is 7.11 Å². The number of rotatable bonds is 5. The minimum atomic E-state index is 0.265. The van der Waals surface area contributed by atoms with Crippen LogP contribution >= 0.6 is 11.6 Å². The Bertz CT molecular complexity index is 525. The van der Waals surface area contributed by atoms with Crippen LogP contribution in [0.2, 0.25) is 5.02 Å². The summed E-state index contributed by atoms with van der Waals surface area (Å²) in [7, 11) is 1.68. The monoisotopic (exact) mass is 275 g/mol. The second kappa shape index (κ2) is 6.60. The Hall–Kier alpha value is -1.51. The first kappa shape index (κ1) is 13.9. The van der Waals surface area contributed by atoms with Gasteiger partial charge in [-0.15, -0.1) is 0 Å². The van der Waals surface area contributed by atoms with Gasteiger partial charge in [-0.3, -0.25) is 0 Å². The molecule has 1 N–H and O–H groups in total. The molecule has 1 atom stereocenters. The zero-order chi connectivity index (χ0) is 13.7. The lowest BCUT2D eigenvalue weighted by molar-refractivity contribution is 0.414. The Balaban J connectivity index is 1.94. The summed E-state index contributed by atoms with van der Waals surface area (Å²) < 4.78 is 5.14. The number of halogens is 1. The summed E-state index contributed by atoms with van der Waals surface area (Å²) in [5.74, 6) is 0.881. The van der Waals surface area contributed by atoms with E-state index in [1.165, 1.54) is 11.1 Å². The lowest BCUT2D eigenvalue weighted by atomic mass is 10.1. The Morgan fingerprint density at radius 2 is 1.89 bits per heavy atom. The average Bonchev–Trinajstić information content (AvgIpc) is 2.45. The molecule has 0 saturated carbocycles. The standard InChI is InChI=1S/C16H18ClNO/c1-12(14-4-3-5-15(17)10-14)18-11-13-6-8-16(19-2)9-7-13/h3-10,12,18H,11H2,1-2H3/t12-/m1/s1. The van der Waals surface area contributed by atoms with E-state index in [1.807, 2.05) is 30.3 Å². The maximum absolute atomic E-state index is 6.00. The van der Waals surface area contributed by atoms with Gasteiger partial charge in [0.25, 0.3) is 0 Å².